The van der Waals surface area contributed by atoms with Crippen LogP contribution in [0.3, 0.4) is 0 Å². The molecular weight excluding hydrogens is 294 g/mol. The van der Waals surface area contributed by atoms with Gasteiger partial charge in [0.25, 0.3) is 5.91 Å². The highest BCUT2D eigenvalue weighted by Gasteiger charge is 2.26. The highest BCUT2D eigenvalue weighted by atomic mass is 16.5. The number of hydrogen-bond donors (Lipinski definition) is 1. The standard InChI is InChI=1S/C17H21N3O3/c1-10(2)22-14-8-12(9-15-13(14)7-11(3)23-15)17(21)18-16-5-6-20(4)19-16/h5-6,8-11H,7H2,1-4H3,(H,18,19,21). The second kappa shape index (κ2) is 5.95. The lowest BCUT2D eigenvalue weighted by atomic mass is 10.1. The van der Waals surface area contributed by atoms with E-state index in [1.54, 1.807) is 36.1 Å². The third-order valence-electron chi connectivity index (χ3n) is 3.57. The summed E-state index contributed by atoms with van der Waals surface area (Å²) in [6.07, 6.45) is 2.69. The summed E-state index contributed by atoms with van der Waals surface area (Å²) in [5, 5.41) is 6.93. The van der Waals surface area contributed by atoms with Crippen LogP contribution in [0.1, 0.15) is 36.7 Å². The van der Waals surface area contributed by atoms with Crippen LogP contribution in [0, 0.1) is 0 Å². The number of anilines is 1. The van der Waals surface area contributed by atoms with Gasteiger partial charge in [0.2, 0.25) is 0 Å². The molecule has 0 spiro atoms. The molecule has 1 N–H and O–H groups in total. The van der Waals surface area contributed by atoms with Crippen LogP contribution in [0.15, 0.2) is 24.4 Å². The molecule has 1 unspecified atom stereocenters. The summed E-state index contributed by atoms with van der Waals surface area (Å²) >= 11 is 0. The molecule has 2 aromatic rings. The zero-order valence-electron chi connectivity index (χ0n) is 13.8. The number of rotatable bonds is 4. The van der Waals surface area contributed by atoms with Crippen molar-refractivity contribution in [1.29, 1.82) is 0 Å². The van der Waals surface area contributed by atoms with Gasteiger partial charge in [-0.15, -0.1) is 0 Å². The number of carbonyl (C=O) groups excluding carboxylic acids is 1. The molecule has 0 aliphatic carbocycles. The van der Waals surface area contributed by atoms with Crippen molar-refractivity contribution in [3.05, 3.63) is 35.5 Å². The number of ether oxygens (including phenoxy) is 2. The second-order valence-corrected chi connectivity index (χ2v) is 6.08. The quantitative estimate of drug-likeness (QED) is 0.942. The number of nitrogens with one attached hydrogen (secondary N) is 1. The summed E-state index contributed by atoms with van der Waals surface area (Å²) in [5.74, 6) is 1.72. The lowest BCUT2D eigenvalue weighted by Gasteiger charge is -2.14. The Labute approximate surface area is 135 Å². The molecule has 1 amide bonds. The topological polar surface area (TPSA) is 65.4 Å². The predicted molar refractivity (Wildman–Crippen MR) is 87.2 cm³/mol. The molecular formula is C17H21N3O3. The van der Waals surface area contributed by atoms with Crippen LogP contribution in [0.4, 0.5) is 5.82 Å². The van der Waals surface area contributed by atoms with Gasteiger partial charge in [-0.2, -0.15) is 5.10 Å². The van der Waals surface area contributed by atoms with E-state index in [-0.39, 0.29) is 18.1 Å². The van der Waals surface area contributed by atoms with Crippen LogP contribution in [0.5, 0.6) is 11.5 Å². The number of carbonyl (C=O) groups is 1. The van der Waals surface area contributed by atoms with Crippen LogP contribution in [-0.4, -0.2) is 27.9 Å². The van der Waals surface area contributed by atoms with Crippen molar-refractivity contribution in [2.45, 2.75) is 39.4 Å². The molecule has 1 aromatic carbocycles. The van der Waals surface area contributed by atoms with Gasteiger partial charge in [0.15, 0.2) is 5.82 Å². The Bertz CT molecular complexity index is 737. The van der Waals surface area contributed by atoms with E-state index in [4.69, 9.17) is 9.47 Å². The van der Waals surface area contributed by atoms with Gasteiger partial charge < -0.3 is 14.8 Å². The summed E-state index contributed by atoms with van der Waals surface area (Å²) in [5.41, 5.74) is 1.53. The SMILES string of the molecule is CC(C)Oc1cc(C(=O)Nc2ccn(C)n2)cc2c1CC(C)O2. The predicted octanol–water partition coefficient (Wildman–Crippen LogP) is 2.78. The second-order valence-electron chi connectivity index (χ2n) is 6.08. The number of amides is 1. The van der Waals surface area contributed by atoms with Crippen molar-refractivity contribution in [2.75, 3.05) is 5.32 Å². The number of nitrogens with zero attached hydrogens (tertiary/aromatic N) is 2. The first-order valence-electron chi connectivity index (χ1n) is 7.73. The van der Waals surface area contributed by atoms with Gasteiger partial charge in [0.05, 0.1) is 6.10 Å². The minimum Gasteiger partial charge on any atom is -0.491 e. The van der Waals surface area contributed by atoms with Gasteiger partial charge in [0.1, 0.15) is 17.6 Å². The summed E-state index contributed by atoms with van der Waals surface area (Å²) in [4.78, 5) is 12.5. The van der Waals surface area contributed by atoms with Crippen LogP contribution in [0.25, 0.3) is 0 Å². The molecule has 1 aliphatic heterocycles. The van der Waals surface area contributed by atoms with Crippen molar-refractivity contribution in [3.8, 4) is 11.5 Å². The van der Waals surface area contributed by atoms with E-state index in [9.17, 15) is 4.79 Å². The lowest BCUT2D eigenvalue weighted by Crippen LogP contribution is -2.14. The number of hydrogen-bond acceptors (Lipinski definition) is 4. The first-order valence-corrected chi connectivity index (χ1v) is 7.73. The molecule has 0 saturated carbocycles. The molecule has 0 fully saturated rings. The molecule has 0 saturated heterocycles. The number of benzene rings is 1. The Balaban J connectivity index is 1.90. The van der Waals surface area contributed by atoms with Gasteiger partial charge >= 0.3 is 0 Å². The molecule has 23 heavy (non-hydrogen) atoms. The van der Waals surface area contributed by atoms with E-state index in [2.05, 4.69) is 10.4 Å². The van der Waals surface area contributed by atoms with E-state index in [0.29, 0.717) is 17.1 Å². The molecule has 1 aromatic heterocycles. The van der Waals surface area contributed by atoms with E-state index >= 15 is 0 Å². The zero-order valence-corrected chi connectivity index (χ0v) is 13.8. The fourth-order valence-corrected chi connectivity index (χ4v) is 2.63. The summed E-state index contributed by atoms with van der Waals surface area (Å²) in [6, 6.07) is 5.29. The average Bonchev–Trinajstić information content (AvgIpc) is 3.03. The Hall–Kier alpha value is -2.50. The Kier molecular flexibility index (Phi) is 3.98. The molecule has 122 valence electrons. The van der Waals surface area contributed by atoms with Gasteiger partial charge in [-0.25, -0.2) is 0 Å². The Morgan fingerprint density at radius 1 is 1.48 bits per heavy atom. The maximum Gasteiger partial charge on any atom is 0.257 e. The first-order chi connectivity index (χ1) is 10.9. The first kappa shape index (κ1) is 15.4. The monoisotopic (exact) mass is 315 g/mol. The minimum atomic E-state index is -0.233. The van der Waals surface area contributed by atoms with Gasteiger partial charge in [-0.1, -0.05) is 0 Å². The maximum absolute atomic E-state index is 12.5. The summed E-state index contributed by atoms with van der Waals surface area (Å²) in [6.45, 7) is 5.94. The van der Waals surface area contributed by atoms with E-state index < -0.39 is 0 Å². The van der Waals surface area contributed by atoms with E-state index in [1.807, 2.05) is 20.8 Å². The van der Waals surface area contributed by atoms with Gasteiger partial charge in [-0.3, -0.25) is 9.48 Å². The molecule has 0 radical (unpaired) electrons. The fraction of sp³-hybridized carbons (Fsp3) is 0.412. The lowest BCUT2D eigenvalue weighted by molar-refractivity contribution is 0.102. The molecule has 0 bridgehead atoms. The normalized spacial score (nSPS) is 16.1. The number of aryl methyl sites for hydroxylation is 1. The molecule has 6 heteroatoms. The fourth-order valence-electron chi connectivity index (χ4n) is 2.63. The third kappa shape index (κ3) is 3.31. The van der Waals surface area contributed by atoms with Crippen molar-refractivity contribution in [1.82, 2.24) is 9.78 Å². The number of fused-ring (bicyclic) bond motifs is 1. The Morgan fingerprint density at radius 2 is 2.26 bits per heavy atom. The highest BCUT2D eigenvalue weighted by Crippen LogP contribution is 2.38. The minimum absolute atomic E-state index is 0.0316. The summed E-state index contributed by atoms with van der Waals surface area (Å²) in [7, 11) is 1.80. The van der Waals surface area contributed by atoms with Crippen molar-refractivity contribution >= 4 is 11.7 Å². The van der Waals surface area contributed by atoms with E-state index in [1.165, 1.54) is 0 Å². The van der Waals surface area contributed by atoms with Crippen LogP contribution < -0.4 is 14.8 Å². The maximum atomic E-state index is 12.5. The highest BCUT2D eigenvalue weighted by molar-refractivity contribution is 6.04. The van der Waals surface area contributed by atoms with Crippen LogP contribution in [-0.2, 0) is 13.5 Å². The Morgan fingerprint density at radius 3 is 2.91 bits per heavy atom. The largest absolute Gasteiger partial charge is 0.491 e. The molecule has 6 nitrogen and oxygen atoms in total. The molecule has 3 rings (SSSR count). The van der Waals surface area contributed by atoms with E-state index in [0.717, 1.165) is 17.7 Å². The smallest absolute Gasteiger partial charge is 0.257 e. The van der Waals surface area contributed by atoms with Crippen molar-refractivity contribution < 1.29 is 14.3 Å². The molecule has 1 aliphatic rings. The average molecular weight is 315 g/mol. The summed E-state index contributed by atoms with van der Waals surface area (Å²) < 4.78 is 13.3. The van der Waals surface area contributed by atoms with Crippen LogP contribution >= 0.6 is 0 Å². The third-order valence-corrected chi connectivity index (χ3v) is 3.57. The van der Waals surface area contributed by atoms with Crippen molar-refractivity contribution in [2.24, 2.45) is 7.05 Å². The zero-order chi connectivity index (χ0) is 16.6. The van der Waals surface area contributed by atoms with Crippen LogP contribution in [0.2, 0.25) is 0 Å². The molecule has 1 atom stereocenters. The van der Waals surface area contributed by atoms with Gasteiger partial charge in [-0.05, 0) is 32.9 Å². The van der Waals surface area contributed by atoms with Crippen molar-refractivity contribution in [3.63, 3.8) is 0 Å². The molecule has 2 heterocycles. The van der Waals surface area contributed by atoms with Gasteiger partial charge in [0, 0.05) is 36.9 Å². The number of aromatic nitrogens is 2.